The molecule has 31 heavy (non-hydrogen) atoms. The molecule has 0 amide bonds. The first kappa shape index (κ1) is 20.9. The number of fused-ring (bicyclic) bond motifs is 1. The van der Waals surface area contributed by atoms with Gasteiger partial charge in [-0.3, -0.25) is 9.69 Å². The van der Waals surface area contributed by atoms with E-state index in [1.807, 2.05) is 49.4 Å². The van der Waals surface area contributed by atoms with E-state index in [4.69, 9.17) is 4.74 Å². The number of aromatic hydroxyl groups is 1. The van der Waals surface area contributed by atoms with Crippen molar-refractivity contribution in [3.8, 4) is 22.6 Å². The highest BCUT2D eigenvalue weighted by Crippen LogP contribution is 2.42. The van der Waals surface area contributed by atoms with Crippen LogP contribution in [0.5, 0.6) is 11.5 Å². The van der Waals surface area contributed by atoms with Crippen molar-refractivity contribution in [2.24, 2.45) is 0 Å². The Balaban J connectivity index is 1.66. The molecule has 0 bridgehead atoms. The second kappa shape index (κ2) is 8.78. The van der Waals surface area contributed by atoms with Gasteiger partial charge in [0.1, 0.15) is 11.5 Å². The summed E-state index contributed by atoms with van der Waals surface area (Å²) < 4.78 is 6.05. The van der Waals surface area contributed by atoms with Gasteiger partial charge in [0.15, 0.2) is 5.76 Å². The maximum absolute atomic E-state index is 13.1. The standard InChI is InChI=1S/C27H27NO3/c1-4-28(5-2)17-22-23(29)15-18(3)25-26(30)24(31-27(22)25)16-19-11-13-21(14-12-19)20-9-7-6-8-10-20/h6-16,29H,4-5,17H2,1-3H3/b24-16-. The van der Waals surface area contributed by atoms with Gasteiger partial charge in [-0.25, -0.2) is 0 Å². The fourth-order valence-corrected chi connectivity index (χ4v) is 3.96. The van der Waals surface area contributed by atoms with Gasteiger partial charge in [0, 0.05) is 6.54 Å². The molecule has 0 fully saturated rings. The number of rotatable bonds is 6. The predicted octanol–water partition coefficient (Wildman–Crippen LogP) is 5.83. The molecule has 3 aromatic rings. The minimum atomic E-state index is -0.138. The molecule has 0 unspecified atom stereocenters. The van der Waals surface area contributed by atoms with E-state index < -0.39 is 0 Å². The van der Waals surface area contributed by atoms with Crippen molar-refractivity contribution in [1.82, 2.24) is 4.90 Å². The Labute approximate surface area is 183 Å². The van der Waals surface area contributed by atoms with Gasteiger partial charge >= 0.3 is 0 Å². The second-order valence-electron chi connectivity index (χ2n) is 7.78. The molecule has 0 radical (unpaired) electrons. The predicted molar refractivity (Wildman–Crippen MR) is 124 cm³/mol. The van der Waals surface area contributed by atoms with Gasteiger partial charge in [0.2, 0.25) is 5.78 Å². The Morgan fingerprint density at radius 2 is 1.61 bits per heavy atom. The smallest absolute Gasteiger partial charge is 0.232 e. The maximum atomic E-state index is 13.1. The normalized spacial score (nSPS) is 14.2. The summed E-state index contributed by atoms with van der Waals surface area (Å²) in [6.45, 7) is 8.22. The molecule has 1 aliphatic rings. The Hall–Kier alpha value is -3.37. The number of phenolic OH excluding ortho intramolecular Hbond substituents is 1. The fourth-order valence-electron chi connectivity index (χ4n) is 3.96. The van der Waals surface area contributed by atoms with Crippen molar-refractivity contribution in [1.29, 1.82) is 0 Å². The summed E-state index contributed by atoms with van der Waals surface area (Å²) in [6, 6.07) is 19.9. The molecule has 0 spiro atoms. The number of ether oxygens (including phenoxy) is 1. The molecular weight excluding hydrogens is 386 g/mol. The van der Waals surface area contributed by atoms with E-state index in [9.17, 15) is 9.90 Å². The third-order valence-electron chi connectivity index (χ3n) is 5.81. The number of Topliss-reactive ketones (excluding diaryl/α,β-unsaturated/α-hetero) is 1. The molecule has 0 aromatic heterocycles. The van der Waals surface area contributed by atoms with Crippen molar-refractivity contribution in [2.45, 2.75) is 27.3 Å². The minimum Gasteiger partial charge on any atom is -0.507 e. The second-order valence-corrected chi connectivity index (χ2v) is 7.78. The third-order valence-corrected chi connectivity index (χ3v) is 5.81. The first-order valence-corrected chi connectivity index (χ1v) is 10.7. The van der Waals surface area contributed by atoms with Crippen LogP contribution in [-0.4, -0.2) is 28.9 Å². The van der Waals surface area contributed by atoms with E-state index in [0.717, 1.165) is 35.3 Å². The van der Waals surface area contributed by atoms with Crippen LogP contribution < -0.4 is 4.74 Å². The van der Waals surface area contributed by atoms with Crippen molar-refractivity contribution in [3.05, 3.63) is 88.7 Å². The van der Waals surface area contributed by atoms with Crippen LogP contribution in [0.15, 0.2) is 66.4 Å². The van der Waals surface area contributed by atoms with Gasteiger partial charge in [-0.2, -0.15) is 0 Å². The molecule has 0 atom stereocenters. The lowest BCUT2D eigenvalue weighted by atomic mass is 9.99. The quantitative estimate of drug-likeness (QED) is 0.517. The van der Waals surface area contributed by atoms with Crippen molar-refractivity contribution >= 4 is 11.9 Å². The first-order chi connectivity index (χ1) is 15.0. The molecule has 1 heterocycles. The minimum absolute atomic E-state index is 0.138. The number of hydrogen-bond acceptors (Lipinski definition) is 4. The van der Waals surface area contributed by atoms with Gasteiger partial charge in [-0.1, -0.05) is 68.4 Å². The van der Waals surface area contributed by atoms with Crippen molar-refractivity contribution in [2.75, 3.05) is 13.1 Å². The molecule has 158 valence electrons. The average Bonchev–Trinajstić information content (AvgIpc) is 3.11. The lowest BCUT2D eigenvalue weighted by molar-refractivity contribution is 0.101. The number of benzene rings is 3. The zero-order valence-electron chi connectivity index (χ0n) is 18.2. The topological polar surface area (TPSA) is 49.8 Å². The van der Waals surface area contributed by atoms with E-state index in [1.165, 1.54) is 0 Å². The van der Waals surface area contributed by atoms with E-state index in [1.54, 1.807) is 12.1 Å². The number of aryl methyl sites for hydroxylation is 1. The monoisotopic (exact) mass is 413 g/mol. The Bertz CT molecular complexity index is 1130. The van der Waals surface area contributed by atoms with Crippen LogP contribution >= 0.6 is 0 Å². The molecule has 0 aliphatic carbocycles. The van der Waals surface area contributed by atoms with Crippen LogP contribution in [0.4, 0.5) is 0 Å². The molecule has 3 aromatic carbocycles. The molecular formula is C27H27NO3. The Morgan fingerprint density at radius 3 is 2.26 bits per heavy atom. The van der Waals surface area contributed by atoms with E-state index in [2.05, 4.69) is 30.9 Å². The summed E-state index contributed by atoms with van der Waals surface area (Å²) >= 11 is 0. The number of ketones is 1. The molecule has 1 aliphatic heterocycles. The molecule has 4 nitrogen and oxygen atoms in total. The van der Waals surface area contributed by atoms with E-state index in [0.29, 0.717) is 23.4 Å². The highest BCUT2D eigenvalue weighted by Gasteiger charge is 2.33. The highest BCUT2D eigenvalue weighted by atomic mass is 16.5. The van der Waals surface area contributed by atoms with Crippen molar-refractivity contribution in [3.63, 3.8) is 0 Å². The van der Waals surface area contributed by atoms with Crippen molar-refractivity contribution < 1.29 is 14.6 Å². The highest BCUT2D eigenvalue weighted by molar-refractivity contribution is 6.15. The van der Waals surface area contributed by atoms with Crippen LogP contribution in [0.25, 0.3) is 17.2 Å². The third kappa shape index (κ3) is 4.12. The number of carbonyl (C=O) groups is 1. The van der Waals surface area contributed by atoms with E-state index >= 15 is 0 Å². The fraction of sp³-hybridized carbons (Fsp3) is 0.222. The van der Waals surface area contributed by atoms with E-state index in [-0.39, 0.29) is 17.3 Å². The van der Waals surface area contributed by atoms with Gasteiger partial charge in [0.25, 0.3) is 0 Å². The Kier molecular flexibility index (Phi) is 5.92. The summed E-state index contributed by atoms with van der Waals surface area (Å²) in [5, 5.41) is 10.6. The van der Waals surface area contributed by atoms with Gasteiger partial charge in [0.05, 0.1) is 11.1 Å². The Morgan fingerprint density at radius 1 is 0.968 bits per heavy atom. The largest absolute Gasteiger partial charge is 0.507 e. The van der Waals surface area contributed by atoms with Gasteiger partial charge in [-0.05, 0) is 54.4 Å². The number of nitrogens with zero attached hydrogens (tertiary/aromatic N) is 1. The van der Waals surface area contributed by atoms with Gasteiger partial charge in [-0.15, -0.1) is 0 Å². The summed E-state index contributed by atoms with van der Waals surface area (Å²) in [4.78, 5) is 15.3. The van der Waals surface area contributed by atoms with Crippen LogP contribution in [0.2, 0.25) is 0 Å². The number of hydrogen-bond donors (Lipinski definition) is 1. The van der Waals surface area contributed by atoms with Crippen LogP contribution in [0.3, 0.4) is 0 Å². The van der Waals surface area contributed by atoms with Crippen LogP contribution in [-0.2, 0) is 6.54 Å². The molecule has 4 heteroatoms. The molecule has 0 saturated heterocycles. The zero-order valence-corrected chi connectivity index (χ0v) is 18.2. The first-order valence-electron chi connectivity index (χ1n) is 10.7. The number of carbonyl (C=O) groups excluding carboxylic acids is 1. The lowest BCUT2D eigenvalue weighted by Gasteiger charge is -2.20. The zero-order chi connectivity index (χ0) is 22.0. The molecule has 0 saturated carbocycles. The van der Waals surface area contributed by atoms with Crippen LogP contribution in [0, 0.1) is 6.92 Å². The average molecular weight is 414 g/mol. The van der Waals surface area contributed by atoms with Gasteiger partial charge < -0.3 is 9.84 Å². The SMILES string of the molecule is CCN(CC)Cc1c(O)cc(C)c2c1O/C(=C\c1ccc(-c3ccccc3)cc1)C2=O. The maximum Gasteiger partial charge on any atom is 0.232 e. The summed E-state index contributed by atoms with van der Waals surface area (Å²) in [6.07, 6.45) is 1.77. The molecule has 4 rings (SSSR count). The summed E-state index contributed by atoms with van der Waals surface area (Å²) in [5.74, 6) is 0.809. The summed E-state index contributed by atoms with van der Waals surface area (Å²) in [7, 11) is 0. The molecule has 1 N–H and O–H groups in total. The number of phenols is 1. The lowest BCUT2D eigenvalue weighted by Crippen LogP contribution is -2.22. The van der Waals surface area contributed by atoms with Crippen LogP contribution in [0.1, 0.15) is 40.9 Å². The number of allylic oxidation sites excluding steroid dienone is 1. The summed E-state index contributed by atoms with van der Waals surface area (Å²) in [5.41, 5.74) is 5.10.